The summed E-state index contributed by atoms with van der Waals surface area (Å²) in [6.07, 6.45) is 3.16. The van der Waals surface area contributed by atoms with Gasteiger partial charge in [-0.05, 0) is 19.9 Å². The van der Waals surface area contributed by atoms with Crippen LogP contribution >= 0.6 is 11.3 Å². The first kappa shape index (κ1) is 13.5. The molecule has 0 bridgehead atoms. The van der Waals surface area contributed by atoms with Crippen molar-refractivity contribution < 1.29 is 9.21 Å². The van der Waals surface area contributed by atoms with Gasteiger partial charge in [-0.15, -0.1) is 16.4 Å². The molecule has 0 aliphatic rings. The third-order valence-corrected chi connectivity index (χ3v) is 4.09. The normalized spacial score (nSPS) is 12.5. The molecule has 3 rings (SSSR count). The van der Waals surface area contributed by atoms with Crippen LogP contribution in [0.25, 0.3) is 10.2 Å². The Bertz CT molecular complexity index is 810. The number of nitrogens with two attached hydrogens (primary N) is 1. The highest BCUT2D eigenvalue weighted by Crippen LogP contribution is 2.31. The van der Waals surface area contributed by atoms with E-state index in [4.69, 9.17) is 10.2 Å². The molecule has 1 atom stereocenters. The number of aromatic nitrogens is 3. The van der Waals surface area contributed by atoms with Gasteiger partial charge in [0.2, 0.25) is 5.89 Å². The Kier molecular flexibility index (Phi) is 3.30. The molecule has 7 nitrogen and oxygen atoms in total. The van der Waals surface area contributed by atoms with E-state index in [0.717, 1.165) is 5.39 Å². The summed E-state index contributed by atoms with van der Waals surface area (Å²) in [6, 6.07) is 1.40. The van der Waals surface area contributed by atoms with Gasteiger partial charge < -0.3 is 15.5 Å². The summed E-state index contributed by atoms with van der Waals surface area (Å²) in [5.41, 5.74) is 6.42. The number of carbonyl (C=O) groups excluding carboxylic acids is 1. The second-order valence-electron chi connectivity index (χ2n) is 4.60. The SMILES string of the molecule is Cc1cnc(C(C)NC(=O)c2sc3nnccc3c2N)o1. The van der Waals surface area contributed by atoms with E-state index in [1.807, 2.05) is 0 Å². The topological polar surface area (TPSA) is 107 Å². The maximum Gasteiger partial charge on any atom is 0.264 e. The van der Waals surface area contributed by atoms with Crippen molar-refractivity contribution in [3.05, 3.63) is 35.0 Å². The predicted molar refractivity (Wildman–Crippen MR) is 78.9 cm³/mol. The van der Waals surface area contributed by atoms with Crippen molar-refractivity contribution in [2.45, 2.75) is 19.9 Å². The van der Waals surface area contributed by atoms with Gasteiger partial charge in [0.05, 0.1) is 18.1 Å². The van der Waals surface area contributed by atoms with Crippen LogP contribution in [0.3, 0.4) is 0 Å². The van der Waals surface area contributed by atoms with Gasteiger partial charge in [-0.3, -0.25) is 4.79 Å². The number of hydrogen-bond acceptors (Lipinski definition) is 7. The van der Waals surface area contributed by atoms with Gasteiger partial charge in [0, 0.05) is 5.39 Å². The Morgan fingerprint density at radius 1 is 1.52 bits per heavy atom. The summed E-state index contributed by atoms with van der Waals surface area (Å²) in [5, 5.41) is 11.3. The molecule has 0 aliphatic heterocycles. The molecule has 0 aromatic carbocycles. The van der Waals surface area contributed by atoms with Crippen LogP contribution in [0.2, 0.25) is 0 Å². The molecule has 0 saturated carbocycles. The number of carbonyl (C=O) groups is 1. The molecular weight excluding hydrogens is 290 g/mol. The van der Waals surface area contributed by atoms with E-state index in [1.165, 1.54) is 11.3 Å². The van der Waals surface area contributed by atoms with Crippen LogP contribution in [0.4, 0.5) is 5.69 Å². The maximum atomic E-state index is 12.3. The smallest absolute Gasteiger partial charge is 0.264 e. The van der Waals surface area contributed by atoms with Gasteiger partial charge >= 0.3 is 0 Å². The monoisotopic (exact) mass is 303 g/mol. The van der Waals surface area contributed by atoms with Crippen LogP contribution in [-0.4, -0.2) is 21.1 Å². The zero-order valence-corrected chi connectivity index (χ0v) is 12.3. The Balaban J connectivity index is 1.85. The molecule has 0 fully saturated rings. The fraction of sp³-hybridized carbons (Fsp3) is 0.231. The molecule has 3 aromatic heterocycles. The summed E-state index contributed by atoms with van der Waals surface area (Å²) in [7, 11) is 0. The van der Waals surface area contributed by atoms with Crippen LogP contribution in [0, 0.1) is 6.92 Å². The first-order valence-corrected chi connectivity index (χ1v) is 7.10. The molecule has 0 radical (unpaired) electrons. The standard InChI is InChI=1S/C13H13N5O2S/c1-6-5-15-12(20-6)7(2)17-11(19)10-9(14)8-3-4-16-18-13(8)21-10/h3-5,7H,14H2,1-2H3,(H,17,19). The number of thiophene rings is 1. The second kappa shape index (κ2) is 5.13. The Morgan fingerprint density at radius 2 is 2.33 bits per heavy atom. The highest BCUT2D eigenvalue weighted by Gasteiger charge is 2.21. The van der Waals surface area contributed by atoms with Crippen LogP contribution in [0.1, 0.15) is 34.3 Å². The largest absolute Gasteiger partial charge is 0.444 e. The lowest BCUT2D eigenvalue weighted by molar-refractivity contribution is 0.0939. The van der Waals surface area contributed by atoms with Gasteiger partial charge in [-0.25, -0.2) is 4.98 Å². The fourth-order valence-electron chi connectivity index (χ4n) is 1.94. The van der Waals surface area contributed by atoms with Crippen molar-refractivity contribution in [1.29, 1.82) is 0 Å². The lowest BCUT2D eigenvalue weighted by atomic mass is 10.2. The second-order valence-corrected chi connectivity index (χ2v) is 5.60. The molecule has 0 saturated heterocycles. The van der Waals surface area contributed by atoms with Crippen molar-refractivity contribution in [3.8, 4) is 0 Å². The van der Waals surface area contributed by atoms with E-state index >= 15 is 0 Å². The zero-order chi connectivity index (χ0) is 15.0. The number of nitrogen functional groups attached to an aromatic ring is 1. The van der Waals surface area contributed by atoms with Gasteiger partial charge in [-0.2, -0.15) is 5.10 Å². The van der Waals surface area contributed by atoms with Crippen LogP contribution in [0.5, 0.6) is 0 Å². The van der Waals surface area contributed by atoms with Crippen LogP contribution in [0.15, 0.2) is 22.9 Å². The molecule has 21 heavy (non-hydrogen) atoms. The summed E-state index contributed by atoms with van der Waals surface area (Å²) < 4.78 is 5.40. The predicted octanol–water partition coefficient (Wildman–Crippen LogP) is 2.06. The Labute approximate surface area is 124 Å². The summed E-state index contributed by atoms with van der Waals surface area (Å²) in [5.74, 6) is 0.877. The molecule has 108 valence electrons. The van der Waals surface area contributed by atoms with Gasteiger partial charge in [0.1, 0.15) is 21.5 Å². The van der Waals surface area contributed by atoms with Crippen molar-refractivity contribution in [3.63, 3.8) is 0 Å². The van der Waals surface area contributed by atoms with Crippen molar-refractivity contribution in [2.75, 3.05) is 5.73 Å². The number of oxazole rings is 1. The van der Waals surface area contributed by atoms with Crippen LogP contribution in [-0.2, 0) is 0 Å². The summed E-state index contributed by atoms with van der Waals surface area (Å²) in [4.78, 5) is 17.5. The lowest BCUT2D eigenvalue weighted by Crippen LogP contribution is -2.26. The van der Waals surface area contributed by atoms with E-state index in [-0.39, 0.29) is 11.9 Å². The molecular formula is C13H13N5O2S. The zero-order valence-electron chi connectivity index (χ0n) is 11.5. The number of fused-ring (bicyclic) bond motifs is 1. The Morgan fingerprint density at radius 3 is 3.00 bits per heavy atom. The van der Waals surface area contributed by atoms with Crippen LogP contribution < -0.4 is 11.1 Å². The molecule has 3 N–H and O–H groups in total. The average molecular weight is 303 g/mol. The van der Waals surface area contributed by atoms with E-state index in [0.29, 0.717) is 27.0 Å². The minimum absolute atomic E-state index is 0.279. The summed E-state index contributed by atoms with van der Waals surface area (Å²) in [6.45, 7) is 3.60. The van der Waals surface area contributed by atoms with Gasteiger partial charge in [-0.1, -0.05) is 0 Å². The molecule has 3 heterocycles. The quantitative estimate of drug-likeness (QED) is 0.767. The third-order valence-electron chi connectivity index (χ3n) is 2.98. The van der Waals surface area contributed by atoms with E-state index in [2.05, 4.69) is 20.5 Å². The number of rotatable bonds is 3. The van der Waals surface area contributed by atoms with Crippen molar-refractivity contribution in [2.24, 2.45) is 0 Å². The number of aryl methyl sites for hydroxylation is 1. The summed E-state index contributed by atoms with van der Waals surface area (Å²) >= 11 is 1.21. The first-order chi connectivity index (χ1) is 10.1. The number of nitrogens with one attached hydrogen (secondary N) is 1. The van der Waals surface area contributed by atoms with Gasteiger partial charge in [0.25, 0.3) is 5.91 Å². The number of hydrogen-bond donors (Lipinski definition) is 2. The average Bonchev–Trinajstić information content (AvgIpc) is 3.04. The van der Waals surface area contributed by atoms with E-state index in [9.17, 15) is 4.79 Å². The third kappa shape index (κ3) is 2.45. The maximum absolute atomic E-state index is 12.3. The fourth-order valence-corrected chi connectivity index (χ4v) is 2.88. The van der Waals surface area contributed by atoms with Gasteiger partial charge in [0.15, 0.2) is 0 Å². The number of amides is 1. The van der Waals surface area contributed by atoms with E-state index in [1.54, 1.807) is 32.3 Å². The van der Waals surface area contributed by atoms with E-state index < -0.39 is 0 Å². The molecule has 1 amide bonds. The Hall–Kier alpha value is -2.48. The highest BCUT2D eigenvalue weighted by atomic mass is 32.1. The molecule has 1 unspecified atom stereocenters. The molecule has 8 heteroatoms. The number of anilines is 1. The first-order valence-electron chi connectivity index (χ1n) is 6.29. The minimum atomic E-state index is -0.345. The number of nitrogens with zero attached hydrogens (tertiary/aromatic N) is 3. The molecule has 0 spiro atoms. The van der Waals surface area contributed by atoms with Crippen molar-refractivity contribution in [1.82, 2.24) is 20.5 Å². The molecule has 3 aromatic rings. The highest BCUT2D eigenvalue weighted by molar-refractivity contribution is 7.21. The molecule has 0 aliphatic carbocycles. The lowest BCUT2D eigenvalue weighted by Gasteiger charge is -2.09. The van der Waals surface area contributed by atoms with Crippen molar-refractivity contribution >= 4 is 33.1 Å². The minimum Gasteiger partial charge on any atom is -0.444 e.